The predicted molar refractivity (Wildman–Crippen MR) is 159 cm³/mol. The Kier molecular flexibility index (Phi) is 7.57. The van der Waals surface area contributed by atoms with Crippen molar-refractivity contribution in [2.24, 2.45) is 0 Å². The van der Waals surface area contributed by atoms with Crippen LogP contribution >= 0.6 is 0 Å². The van der Waals surface area contributed by atoms with Gasteiger partial charge in [-0.3, -0.25) is 4.79 Å². The van der Waals surface area contributed by atoms with Crippen molar-refractivity contribution >= 4 is 22.9 Å². The highest BCUT2D eigenvalue weighted by molar-refractivity contribution is 5.94. The van der Waals surface area contributed by atoms with Crippen LogP contribution in [0.25, 0.3) is 11.0 Å². The van der Waals surface area contributed by atoms with Gasteiger partial charge in [-0.15, -0.1) is 0 Å². The molecule has 1 aliphatic heterocycles. The number of carbonyl (C=O) groups is 1. The number of amides is 1. The van der Waals surface area contributed by atoms with Crippen molar-refractivity contribution in [2.45, 2.75) is 77.0 Å². The molecule has 4 aromatic rings. The summed E-state index contributed by atoms with van der Waals surface area (Å²) in [6.45, 7) is 6.25. The lowest BCUT2D eigenvalue weighted by Crippen LogP contribution is -2.38. The molecule has 7 nitrogen and oxygen atoms in total. The second-order valence-corrected chi connectivity index (χ2v) is 11.7. The number of aryl methyl sites for hydroxylation is 2. The van der Waals surface area contributed by atoms with Crippen LogP contribution in [0.1, 0.15) is 83.1 Å². The number of benzene rings is 2. The fourth-order valence-corrected chi connectivity index (χ4v) is 6.53. The number of rotatable bonds is 6. The second-order valence-electron chi connectivity index (χ2n) is 11.7. The molecule has 2 aromatic heterocycles. The molecular weight excluding hydrogens is 498 g/mol. The molecule has 0 radical (unpaired) electrons. The summed E-state index contributed by atoms with van der Waals surface area (Å²) in [5, 5.41) is 14.6. The Hall–Kier alpha value is -3.71. The van der Waals surface area contributed by atoms with Gasteiger partial charge in [-0.2, -0.15) is 4.98 Å². The molecule has 6 rings (SSSR count). The van der Waals surface area contributed by atoms with Crippen molar-refractivity contribution < 1.29 is 9.90 Å². The van der Waals surface area contributed by atoms with Crippen LogP contribution in [0.2, 0.25) is 0 Å². The summed E-state index contributed by atoms with van der Waals surface area (Å²) in [5.41, 5.74) is 6.48. The lowest BCUT2D eigenvalue weighted by atomic mass is 9.89. The molecule has 40 heavy (non-hydrogen) atoms. The van der Waals surface area contributed by atoms with E-state index in [4.69, 9.17) is 9.97 Å². The Balaban J connectivity index is 1.23. The Labute approximate surface area is 236 Å². The average molecular weight is 538 g/mol. The van der Waals surface area contributed by atoms with Gasteiger partial charge < -0.3 is 19.9 Å². The van der Waals surface area contributed by atoms with Gasteiger partial charge in [0.05, 0.1) is 6.10 Å². The van der Waals surface area contributed by atoms with Crippen molar-refractivity contribution in [1.29, 1.82) is 0 Å². The molecule has 0 spiro atoms. The Morgan fingerprint density at radius 1 is 0.975 bits per heavy atom. The maximum atomic E-state index is 13.3. The Morgan fingerprint density at radius 3 is 2.38 bits per heavy atom. The zero-order valence-corrected chi connectivity index (χ0v) is 23.5. The minimum atomic E-state index is -0.200. The highest BCUT2D eigenvalue weighted by atomic mass is 16.3. The predicted octanol–water partition coefficient (Wildman–Crippen LogP) is 6.16. The molecule has 208 valence electrons. The van der Waals surface area contributed by atoms with E-state index in [0.717, 1.165) is 79.3 Å². The van der Waals surface area contributed by atoms with Crippen LogP contribution in [-0.2, 0) is 6.54 Å². The van der Waals surface area contributed by atoms with E-state index in [0.29, 0.717) is 24.5 Å². The molecule has 2 N–H and O–H groups in total. The minimum absolute atomic E-state index is 0.130. The number of nitrogens with zero attached hydrogens (tertiary/aromatic N) is 4. The molecule has 2 aromatic carbocycles. The van der Waals surface area contributed by atoms with Crippen LogP contribution in [0.5, 0.6) is 0 Å². The van der Waals surface area contributed by atoms with E-state index >= 15 is 0 Å². The van der Waals surface area contributed by atoms with E-state index in [1.165, 1.54) is 11.1 Å². The molecule has 0 unspecified atom stereocenters. The van der Waals surface area contributed by atoms with Crippen LogP contribution in [-0.4, -0.2) is 49.6 Å². The SMILES string of the molecule is Cc1cc(C)cc(C(=O)N2CCC(c3cn(C4CCC(O)CC4)c4nc(NCc5ccccc5)ncc34)CC2)c1. The van der Waals surface area contributed by atoms with Crippen LogP contribution in [0.3, 0.4) is 0 Å². The number of fused-ring (bicyclic) bond motifs is 1. The molecule has 2 fully saturated rings. The van der Waals surface area contributed by atoms with Gasteiger partial charge in [-0.1, -0.05) is 47.5 Å². The molecule has 0 atom stereocenters. The first kappa shape index (κ1) is 26.5. The van der Waals surface area contributed by atoms with Crippen molar-refractivity contribution in [3.05, 3.63) is 88.7 Å². The number of aliphatic hydroxyl groups excluding tert-OH is 1. The van der Waals surface area contributed by atoms with Gasteiger partial charge in [-0.25, -0.2) is 4.98 Å². The first-order chi connectivity index (χ1) is 19.4. The highest BCUT2D eigenvalue weighted by Crippen LogP contribution is 2.38. The zero-order valence-electron chi connectivity index (χ0n) is 23.5. The molecule has 7 heteroatoms. The fourth-order valence-electron chi connectivity index (χ4n) is 6.53. The van der Waals surface area contributed by atoms with Gasteiger partial charge in [0.25, 0.3) is 5.91 Å². The van der Waals surface area contributed by atoms with Crippen LogP contribution < -0.4 is 5.32 Å². The number of anilines is 1. The molecule has 1 amide bonds. The topological polar surface area (TPSA) is 83.3 Å². The summed E-state index contributed by atoms with van der Waals surface area (Å²) in [6.07, 6.45) is 9.47. The van der Waals surface area contributed by atoms with E-state index in [2.05, 4.69) is 34.3 Å². The van der Waals surface area contributed by atoms with Gasteiger partial charge in [0.2, 0.25) is 5.95 Å². The van der Waals surface area contributed by atoms with E-state index in [9.17, 15) is 9.90 Å². The normalized spacial score (nSPS) is 20.1. The van der Waals surface area contributed by atoms with Crippen molar-refractivity contribution in [3.8, 4) is 0 Å². The summed E-state index contributed by atoms with van der Waals surface area (Å²) in [4.78, 5) is 25.0. The minimum Gasteiger partial charge on any atom is -0.393 e. The number of nitrogens with one attached hydrogen (secondary N) is 1. The molecule has 1 saturated heterocycles. The van der Waals surface area contributed by atoms with E-state index in [1.54, 1.807) is 0 Å². The van der Waals surface area contributed by atoms with Crippen LogP contribution in [0.4, 0.5) is 5.95 Å². The number of hydrogen-bond acceptors (Lipinski definition) is 5. The lowest BCUT2D eigenvalue weighted by molar-refractivity contribution is 0.0713. The molecule has 3 heterocycles. The van der Waals surface area contributed by atoms with Gasteiger partial charge in [0.1, 0.15) is 5.65 Å². The smallest absolute Gasteiger partial charge is 0.253 e. The molecule has 0 bridgehead atoms. The Bertz CT molecular complexity index is 1460. The van der Waals surface area contributed by atoms with Crippen molar-refractivity contribution in [1.82, 2.24) is 19.4 Å². The number of carbonyl (C=O) groups excluding carboxylic acids is 1. The number of aliphatic hydroxyl groups is 1. The maximum absolute atomic E-state index is 13.3. The third kappa shape index (κ3) is 5.61. The second kappa shape index (κ2) is 11.4. The maximum Gasteiger partial charge on any atom is 0.253 e. The third-order valence-electron chi connectivity index (χ3n) is 8.65. The monoisotopic (exact) mass is 537 g/mol. The largest absolute Gasteiger partial charge is 0.393 e. The van der Waals surface area contributed by atoms with Crippen molar-refractivity contribution in [3.63, 3.8) is 0 Å². The van der Waals surface area contributed by atoms with Crippen LogP contribution in [0, 0.1) is 13.8 Å². The molecular formula is C33H39N5O2. The lowest BCUT2D eigenvalue weighted by Gasteiger charge is -2.32. The first-order valence-corrected chi connectivity index (χ1v) is 14.7. The highest BCUT2D eigenvalue weighted by Gasteiger charge is 2.29. The Morgan fingerprint density at radius 2 is 1.68 bits per heavy atom. The van der Waals surface area contributed by atoms with Gasteiger partial charge in [0.15, 0.2) is 0 Å². The van der Waals surface area contributed by atoms with Gasteiger partial charge in [-0.05, 0) is 81.5 Å². The average Bonchev–Trinajstić information content (AvgIpc) is 3.35. The number of hydrogen-bond donors (Lipinski definition) is 2. The summed E-state index contributed by atoms with van der Waals surface area (Å²) in [5.74, 6) is 1.12. The standard InChI is InChI=1S/C33H39N5O2/c1-22-16-23(2)18-26(17-22)32(40)37-14-12-25(13-15-37)30-21-38(27-8-10-28(39)11-9-27)31-29(30)20-35-33(36-31)34-19-24-6-4-3-5-7-24/h3-7,16-18,20-21,25,27-28,39H,8-15,19H2,1-2H3,(H,34,35,36). The van der Waals surface area contributed by atoms with Crippen molar-refractivity contribution in [2.75, 3.05) is 18.4 Å². The number of aromatic nitrogens is 3. The molecule has 1 aliphatic carbocycles. The van der Waals surface area contributed by atoms with Gasteiger partial charge >= 0.3 is 0 Å². The fraction of sp³-hybridized carbons (Fsp3) is 0.424. The quantitative estimate of drug-likeness (QED) is 0.308. The summed E-state index contributed by atoms with van der Waals surface area (Å²) < 4.78 is 2.35. The number of likely N-dealkylation sites (tertiary alicyclic amines) is 1. The summed E-state index contributed by atoms with van der Waals surface area (Å²) >= 11 is 0. The third-order valence-corrected chi connectivity index (χ3v) is 8.65. The first-order valence-electron chi connectivity index (χ1n) is 14.7. The van der Waals surface area contributed by atoms with Crippen LogP contribution in [0.15, 0.2) is 60.9 Å². The summed E-state index contributed by atoms with van der Waals surface area (Å²) in [6, 6.07) is 16.7. The summed E-state index contributed by atoms with van der Waals surface area (Å²) in [7, 11) is 0. The molecule has 2 aliphatic rings. The van der Waals surface area contributed by atoms with E-state index in [-0.39, 0.29) is 12.0 Å². The zero-order chi connectivity index (χ0) is 27.6. The van der Waals surface area contributed by atoms with E-state index in [1.807, 2.05) is 55.3 Å². The number of piperidine rings is 1. The van der Waals surface area contributed by atoms with E-state index < -0.39 is 0 Å². The molecule has 1 saturated carbocycles. The van der Waals surface area contributed by atoms with Gasteiger partial charge in [0, 0.05) is 49.0 Å².